The molecule has 4 heteroatoms. The highest BCUT2D eigenvalue weighted by atomic mass is 35.5. The van der Waals surface area contributed by atoms with E-state index in [-0.39, 0.29) is 5.82 Å². The van der Waals surface area contributed by atoms with Crippen molar-refractivity contribution in [3.05, 3.63) is 95.5 Å². The van der Waals surface area contributed by atoms with Gasteiger partial charge in [-0.3, -0.25) is 0 Å². The minimum Gasteiger partial charge on any atom is -0.383 e. The Kier molecular flexibility index (Phi) is 4.80. The van der Waals surface area contributed by atoms with E-state index in [1.807, 2.05) is 54.6 Å². The molecule has 0 aliphatic heterocycles. The minimum absolute atomic E-state index is 0.196. The number of nitrogens with two attached hydrogens (primary N) is 1. The first-order valence-corrected chi connectivity index (χ1v) is 9.16. The number of pyridine rings is 1. The van der Waals surface area contributed by atoms with E-state index in [2.05, 4.69) is 35.3 Å². The molecule has 1 heterocycles. The molecule has 4 rings (SSSR count). The van der Waals surface area contributed by atoms with Crippen molar-refractivity contribution < 1.29 is 0 Å². The minimum atomic E-state index is 0.196. The first-order chi connectivity index (χ1) is 13.7. The Balaban J connectivity index is 1.81. The van der Waals surface area contributed by atoms with E-state index in [4.69, 9.17) is 17.3 Å². The molecule has 1 aromatic heterocycles. The lowest BCUT2D eigenvalue weighted by atomic mass is 9.97. The molecule has 0 fully saturated rings. The van der Waals surface area contributed by atoms with Gasteiger partial charge in [-0.25, -0.2) is 4.98 Å². The third-order valence-electron chi connectivity index (χ3n) is 4.61. The van der Waals surface area contributed by atoms with Crippen LogP contribution in [0.25, 0.3) is 33.5 Å². The van der Waals surface area contributed by atoms with Crippen LogP contribution in [0.1, 0.15) is 5.56 Å². The molecule has 0 saturated heterocycles. The van der Waals surface area contributed by atoms with E-state index < -0.39 is 0 Å². The van der Waals surface area contributed by atoms with Crippen molar-refractivity contribution in [2.24, 2.45) is 0 Å². The van der Waals surface area contributed by atoms with Gasteiger partial charge in [-0.15, -0.1) is 0 Å². The molecule has 4 aromatic rings. The Morgan fingerprint density at radius 3 is 2.04 bits per heavy atom. The average Bonchev–Trinajstić information content (AvgIpc) is 2.74. The second kappa shape index (κ2) is 7.56. The fraction of sp³-hybridized carbons (Fsp3) is 0. The smallest absolute Gasteiger partial charge is 0.142 e. The van der Waals surface area contributed by atoms with Gasteiger partial charge in [0.1, 0.15) is 17.5 Å². The van der Waals surface area contributed by atoms with Crippen molar-refractivity contribution in [1.29, 1.82) is 5.26 Å². The summed E-state index contributed by atoms with van der Waals surface area (Å²) in [6.07, 6.45) is 0. The first-order valence-electron chi connectivity index (χ1n) is 8.79. The van der Waals surface area contributed by atoms with Gasteiger partial charge in [-0.1, -0.05) is 84.4 Å². The van der Waals surface area contributed by atoms with Gasteiger partial charge in [0.2, 0.25) is 0 Å². The molecule has 0 aliphatic carbocycles. The van der Waals surface area contributed by atoms with Crippen LogP contribution >= 0.6 is 11.6 Å². The third-order valence-corrected chi connectivity index (χ3v) is 4.94. The molecule has 0 atom stereocenters. The molecule has 0 spiro atoms. The fourth-order valence-corrected chi connectivity index (χ4v) is 3.42. The average molecular weight is 382 g/mol. The fourth-order valence-electron chi connectivity index (χ4n) is 3.19. The highest BCUT2D eigenvalue weighted by molar-refractivity contribution is 6.33. The number of rotatable bonds is 3. The summed E-state index contributed by atoms with van der Waals surface area (Å²) in [6.45, 7) is 0. The van der Waals surface area contributed by atoms with Crippen molar-refractivity contribution in [3.63, 3.8) is 0 Å². The van der Waals surface area contributed by atoms with E-state index in [9.17, 15) is 5.26 Å². The lowest BCUT2D eigenvalue weighted by Gasteiger charge is -2.12. The van der Waals surface area contributed by atoms with Crippen LogP contribution in [0.4, 0.5) is 5.82 Å². The number of anilines is 1. The SMILES string of the molecule is N#Cc1c(-c2ccccc2Cl)cc(-c2ccc(-c3ccccc3)cc2)nc1N. The number of nitrogens with zero attached hydrogens (tertiary/aromatic N) is 2. The first kappa shape index (κ1) is 17.8. The predicted octanol–water partition coefficient (Wildman–Crippen LogP) is 6.19. The molecule has 0 amide bonds. The zero-order valence-electron chi connectivity index (χ0n) is 14.9. The van der Waals surface area contributed by atoms with Crippen molar-refractivity contribution in [2.45, 2.75) is 0 Å². The van der Waals surface area contributed by atoms with Gasteiger partial charge in [-0.2, -0.15) is 5.26 Å². The second-order valence-corrected chi connectivity index (χ2v) is 6.76. The Hall–Kier alpha value is -3.61. The highest BCUT2D eigenvalue weighted by Gasteiger charge is 2.15. The maximum atomic E-state index is 9.56. The highest BCUT2D eigenvalue weighted by Crippen LogP contribution is 2.35. The molecule has 0 bridgehead atoms. The number of nitrogen functional groups attached to an aromatic ring is 1. The van der Waals surface area contributed by atoms with Gasteiger partial charge in [0.15, 0.2) is 0 Å². The Labute approximate surface area is 168 Å². The number of halogens is 1. The molecule has 0 saturated carbocycles. The van der Waals surface area contributed by atoms with E-state index in [1.165, 1.54) is 0 Å². The Morgan fingerprint density at radius 1 is 0.750 bits per heavy atom. The Morgan fingerprint density at radius 2 is 1.36 bits per heavy atom. The summed E-state index contributed by atoms with van der Waals surface area (Å²) in [7, 11) is 0. The number of aromatic nitrogens is 1. The lowest BCUT2D eigenvalue weighted by Crippen LogP contribution is -2.00. The quantitative estimate of drug-likeness (QED) is 0.460. The molecular formula is C24H16ClN3. The molecular weight excluding hydrogens is 366 g/mol. The second-order valence-electron chi connectivity index (χ2n) is 6.35. The summed E-state index contributed by atoms with van der Waals surface area (Å²) in [5, 5.41) is 10.1. The Bertz CT molecular complexity index is 1180. The summed E-state index contributed by atoms with van der Waals surface area (Å²) >= 11 is 6.36. The van der Waals surface area contributed by atoms with Crippen LogP contribution < -0.4 is 5.73 Å². The van der Waals surface area contributed by atoms with Crippen molar-refractivity contribution in [1.82, 2.24) is 4.98 Å². The number of hydrogen-bond acceptors (Lipinski definition) is 3. The molecule has 3 aromatic carbocycles. The van der Waals surface area contributed by atoms with Crippen LogP contribution in [0.15, 0.2) is 84.9 Å². The zero-order valence-corrected chi connectivity index (χ0v) is 15.7. The van der Waals surface area contributed by atoms with Crippen LogP contribution in [0.3, 0.4) is 0 Å². The molecule has 134 valence electrons. The summed E-state index contributed by atoms with van der Waals surface area (Å²) < 4.78 is 0. The molecule has 0 unspecified atom stereocenters. The van der Waals surface area contributed by atoms with Crippen LogP contribution in [0.2, 0.25) is 5.02 Å². The predicted molar refractivity (Wildman–Crippen MR) is 115 cm³/mol. The summed E-state index contributed by atoms with van der Waals surface area (Å²) in [5.74, 6) is 0.196. The van der Waals surface area contributed by atoms with Gasteiger partial charge < -0.3 is 5.73 Å². The number of benzene rings is 3. The number of hydrogen-bond donors (Lipinski definition) is 1. The van der Waals surface area contributed by atoms with Crippen molar-refractivity contribution >= 4 is 17.4 Å². The topological polar surface area (TPSA) is 62.7 Å². The van der Waals surface area contributed by atoms with Crippen molar-refractivity contribution in [2.75, 3.05) is 5.73 Å². The zero-order chi connectivity index (χ0) is 19.5. The maximum absolute atomic E-state index is 9.56. The van der Waals surface area contributed by atoms with E-state index in [1.54, 1.807) is 6.07 Å². The van der Waals surface area contributed by atoms with Crippen LogP contribution in [-0.2, 0) is 0 Å². The maximum Gasteiger partial charge on any atom is 0.142 e. The third kappa shape index (κ3) is 3.34. The number of nitriles is 1. The summed E-state index contributed by atoms with van der Waals surface area (Å²) in [5.41, 5.74) is 11.8. The van der Waals surface area contributed by atoms with Gasteiger partial charge >= 0.3 is 0 Å². The van der Waals surface area contributed by atoms with Crippen LogP contribution in [0.5, 0.6) is 0 Å². The standard InChI is InChI=1S/C24H16ClN3/c25-22-9-5-4-8-19(22)20-14-23(28-24(27)21(20)15-26)18-12-10-17(11-13-18)16-6-2-1-3-7-16/h1-14H,(H2,27,28). The lowest BCUT2D eigenvalue weighted by molar-refractivity contribution is 1.31. The van der Waals surface area contributed by atoms with Gasteiger partial charge in [0.05, 0.1) is 5.69 Å². The summed E-state index contributed by atoms with van der Waals surface area (Å²) in [6, 6.07) is 29.7. The molecule has 28 heavy (non-hydrogen) atoms. The molecule has 0 aliphatic rings. The molecule has 2 N–H and O–H groups in total. The van der Waals surface area contributed by atoms with E-state index >= 15 is 0 Å². The van der Waals surface area contributed by atoms with Gasteiger partial charge in [-0.05, 0) is 23.3 Å². The van der Waals surface area contributed by atoms with Gasteiger partial charge in [0.25, 0.3) is 0 Å². The molecule has 3 nitrogen and oxygen atoms in total. The molecule has 0 radical (unpaired) electrons. The van der Waals surface area contributed by atoms with Gasteiger partial charge in [0, 0.05) is 21.7 Å². The van der Waals surface area contributed by atoms with Crippen molar-refractivity contribution in [3.8, 4) is 39.6 Å². The monoisotopic (exact) mass is 381 g/mol. The largest absolute Gasteiger partial charge is 0.383 e. The van der Waals surface area contributed by atoms with Crippen LogP contribution in [-0.4, -0.2) is 4.98 Å². The van der Waals surface area contributed by atoms with E-state index in [0.717, 1.165) is 22.3 Å². The normalized spacial score (nSPS) is 10.4. The van der Waals surface area contributed by atoms with Crippen LogP contribution in [0, 0.1) is 11.3 Å². The summed E-state index contributed by atoms with van der Waals surface area (Å²) in [4.78, 5) is 4.44. The van der Waals surface area contributed by atoms with E-state index in [0.29, 0.717) is 21.8 Å².